The summed E-state index contributed by atoms with van der Waals surface area (Å²) in [7, 11) is 0. The second-order valence-electron chi connectivity index (χ2n) is 3.46. The van der Waals surface area contributed by atoms with Gasteiger partial charge in [-0.2, -0.15) is 0 Å². The molecule has 1 aromatic carbocycles. The molecule has 1 unspecified atom stereocenters. The van der Waals surface area contributed by atoms with Gasteiger partial charge in [-0.15, -0.1) is 11.6 Å². The van der Waals surface area contributed by atoms with Crippen molar-refractivity contribution in [1.82, 2.24) is 0 Å². The Morgan fingerprint density at radius 1 is 1.07 bits per heavy atom. The maximum atomic E-state index is 9.79. The normalized spacial score (nSPS) is 12.7. The summed E-state index contributed by atoms with van der Waals surface area (Å²) in [4.78, 5) is 0. The van der Waals surface area contributed by atoms with Crippen LogP contribution in [0.15, 0.2) is 30.3 Å². The number of aliphatic hydroxyl groups is 1. The molecule has 0 amide bonds. The van der Waals surface area contributed by atoms with Crippen LogP contribution in [0.5, 0.6) is 0 Å². The van der Waals surface area contributed by atoms with Crippen molar-refractivity contribution in [3.05, 3.63) is 35.9 Å². The molecule has 1 atom stereocenters. The molecule has 1 N–H and O–H groups in total. The molecule has 0 heterocycles. The van der Waals surface area contributed by atoms with Crippen LogP contribution >= 0.6 is 11.6 Å². The Hall–Kier alpha value is -0.530. The average molecular weight is 213 g/mol. The first-order valence-corrected chi connectivity index (χ1v) is 5.67. The van der Waals surface area contributed by atoms with Gasteiger partial charge in [0.25, 0.3) is 0 Å². The maximum absolute atomic E-state index is 9.79. The summed E-state index contributed by atoms with van der Waals surface area (Å²) in [6.45, 7) is 0. The number of aliphatic hydroxyl groups excluding tert-OH is 1. The fourth-order valence-corrected chi connectivity index (χ4v) is 1.64. The van der Waals surface area contributed by atoms with Gasteiger partial charge in [-0.05, 0) is 18.4 Å². The van der Waals surface area contributed by atoms with Crippen molar-refractivity contribution in [2.24, 2.45) is 0 Å². The SMILES string of the molecule is OC(CCCCCCl)c1ccccc1. The van der Waals surface area contributed by atoms with E-state index in [1.807, 2.05) is 30.3 Å². The van der Waals surface area contributed by atoms with E-state index in [1.165, 1.54) is 0 Å². The molecular weight excluding hydrogens is 196 g/mol. The first-order valence-electron chi connectivity index (χ1n) is 5.13. The van der Waals surface area contributed by atoms with Gasteiger partial charge in [0.2, 0.25) is 0 Å². The monoisotopic (exact) mass is 212 g/mol. The summed E-state index contributed by atoms with van der Waals surface area (Å²) in [6, 6.07) is 9.80. The molecule has 78 valence electrons. The van der Waals surface area contributed by atoms with Gasteiger partial charge in [0.15, 0.2) is 0 Å². The third-order valence-electron chi connectivity index (χ3n) is 2.30. The number of hydrogen-bond acceptors (Lipinski definition) is 1. The van der Waals surface area contributed by atoms with E-state index >= 15 is 0 Å². The lowest BCUT2D eigenvalue weighted by atomic mass is 10.0. The summed E-state index contributed by atoms with van der Waals surface area (Å²) in [5.74, 6) is 0.724. The Balaban J connectivity index is 2.25. The number of rotatable bonds is 6. The number of unbranched alkanes of at least 4 members (excludes halogenated alkanes) is 2. The number of halogens is 1. The van der Waals surface area contributed by atoms with E-state index in [4.69, 9.17) is 11.6 Å². The molecule has 2 heteroatoms. The van der Waals surface area contributed by atoms with Gasteiger partial charge >= 0.3 is 0 Å². The van der Waals surface area contributed by atoms with E-state index in [0.717, 1.165) is 37.1 Å². The van der Waals surface area contributed by atoms with E-state index < -0.39 is 0 Å². The smallest absolute Gasteiger partial charge is 0.0790 e. The van der Waals surface area contributed by atoms with Crippen molar-refractivity contribution >= 4 is 11.6 Å². The predicted octanol–water partition coefficient (Wildman–Crippen LogP) is 3.52. The molecule has 0 spiro atoms. The highest BCUT2D eigenvalue weighted by Gasteiger charge is 2.05. The minimum Gasteiger partial charge on any atom is -0.388 e. The molecule has 1 aromatic rings. The van der Waals surface area contributed by atoms with Crippen molar-refractivity contribution in [2.75, 3.05) is 5.88 Å². The standard InChI is InChI=1S/C12H17ClO/c13-10-6-2-5-9-12(14)11-7-3-1-4-8-11/h1,3-4,7-8,12,14H,2,5-6,9-10H2. The molecule has 0 radical (unpaired) electrons. The summed E-state index contributed by atoms with van der Waals surface area (Å²) >= 11 is 5.57. The van der Waals surface area contributed by atoms with Crippen LogP contribution in [-0.2, 0) is 0 Å². The molecule has 14 heavy (non-hydrogen) atoms. The molecular formula is C12H17ClO. The van der Waals surface area contributed by atoms with Gasteiger partial charge < -0.3 is 5.11 Å². The fraction of sp³-hybridized carbons (Fsp3) is 0.500. The molecule has 0 aliphatic rings. The maximum Gasteiger partial charge on any atom is 0.0790 e. The topological polar surface area (TPSA) is 20.2 Å². The zero-order chi connectivity index (χ0) is 10.2. The summed E-state index contributed by atoms with van der Waals surface area (Å²) < 4.78 is 0. The van der Waals surface area contributed by atoms with Crippen molar-refractivity contribution < 1.29 is 5.11 Å². The molecule has 1 rings (SSSR count). The summed E-state index contributed by atoms with van der Waals surface area (Å²) in [5.41, 5.74) is 1.01. The van der Waals surface area contributed by atoms with E-state index in [9.17, 15) is 5.11 Å². The molecule has 0 saturated heterocycles. The Bertz CT molecular complexity index is 235. The van der Waals surface area contributed by atoms with Gasteiger partial charge in [-0.25, -0.2) is 0 Å². The van der Waals surface area contributed by atoms with Crippen LogP contribution in [0.1, 0.15) is 37.4 Å². The number of benzene rings is 1. The van der Waals surface area contributed by atoms with Gasteiger partial charge in [-0.1, -0.05) is 43.2 Å². The average Bonchev–Trinajstić information content (AvgIpc) is 2.25. The zero-order valence-electron chi connectivity index (χ0n) is 8.32. The predicted molar refractivity (Wildman–Crippen MR) is 60.6 cm³/mol. The van der Waals surface area contributed by atoms with Crippen molar-refractivity contribution in [2.45, 2.75) is 31.8 Å². The van der Waals surface area contributed by atoms with E-state index in [2.05, 4.69) is 0 Å². The van der Waals surface area contributed by atoms with Crippen LogP contribution in [-0.4, -0.2) is 11.0 Å². The van der Waals surface area contributed by atoms with Gasteiger partial charge in [-0.3, -0.25) is 0 Å². The molecule has 0 aliphatic carbocycles. The summed E-state index contributed by atoms with van der Waals surface area (Å²) in [5, 5.41) is 9.79. The van der Waals surface area contributed by atoms with Crippen LogP contribution in [0.2, 0.25) is 0 Å². The van der Waals surface area contributed by atoms with Crippen molar-refractivity contribution in [3.63, 3.8) is 0 Å². The summed E-state index contributed by atoms with van der Waals surface area (Å²) in [6.07, 6.45) is 3.71. The second kappa shape index (κ2) is 6.86. The van der Waals surface area contributed by atoms with Crippen molar-refractivity contribution in [1.29, 1.82) is 0 Å². The lowest BCUT2D eigenvalue weighted by Crippen LogP contribution is -1.96. The Labute approximate surface area is 90.7 Å². The van der Waals surface area contributed by atoms with Gasteiger partial charge in [0, 0.05) is 5.88 Å². The molecule has 1 nitrogen and oxygen atoms in total. The molecule has 0 bridgehead atoms. The minimum atomic E-state index is -0.313. The molecule has 0 saturated carbocycles. The van der Waals surface area contributed by atoms with Crippen LogP contribution in [0.25, 0.3) is 0 Å². The highest BCUT2D eigenvalue weighted by molar-refractivity contribution is 6.17. The van der Waals surface area contributed by atoms with Crippen LogP contribution < -0.4 is 0 Å². The van der Waals surface area contributed by atoms with Crippen LogP contribution in [0.3, 0.4) is 0 Å². The van der Waals surface area contributed by atoms with E-state index in [-0.39, 0.29) is 6.10 Å². The third-order valence-corrected chi connectivity index (χ3v) is 2.56. The van der Waals surface area contributed by atoms with Gasteiger partial charge in [0.1, 0.15) is 0 Å². The first-order chi connectivity index (χ1) is 6.84. The second-order valence-corrected chi connectivity index (χ2v) is 3.84. The zero-order valence-corrected chi connectivity index (χ0v) is 9.08. The van der Waals surface area contributed by atoms with Crippen LogP contribution in [0.4, 0.5) is 0 Å². The number of alkyl halides is 1. The van der Waals surface area contributed by atoms with Crippen molar-refractivity contribution in [3.8, 4) is 0 Å². The lowest BCUT2D eigenvalue weighted by molar-refractivity contribution is 0.163. The largest absolute Gasteiger partial charge is 0.388 e. The fourth-order valence-electron chi connectivity index (χ4n) is 1.45. The molecule has 0 aliphatic heterocycles. The van der Waals surface area contributed by atoms with Gasteiger partial charge in [0.05, 0.1) is 6.10 Å². The Morgan fingerprint density at radius 2 is 1.79 bits per heavy atom. The molecule has 0 fully saturated rings. The van der Waals surface area contributed by atoms with E-state index in [0.29, 0.717) is 0 Å². The number of hydrogen-bond donors (Lipinski definition) is 1. The minimum absolute atomic E-state index is 0.313. The quantitative estimate of drug-likeness (QED) is 0.565. The third kappa shape index (κ3) is 4.12. The highest BCUT2D eigenvalue weighted by Crippen LogP contribution is 2.18. The Kier molecular flexibility index (Phi) is 5.65. The molecule has 0 aromatic heterocycles. The lowest BCUT2D eigenvalue weighted by Gasteiger charge is -2.09. The first kappa shape index (κ1) is 11.5. The Morgan fingerprint density at radius 3 is 2.43 bits per heavy atom. The van der Waals surface area contributed by atoms with E-state index in [1.54, 1.807) is 0 Å². The highest BCUT2D eigenvalue weighted by atomic mass is 35.5. The van der Waals surface area contributed by atoms with Crippen LogP contribution in [0, 0.1) is 0 Å².